The van der Waals surface area contributed by atoms with Crippen molar-refractivity contribution in [3.63, 3.8) is 0 Å². The molecule has 0 spiro atoms. The molecular weight excluding hydrogens is 316 g/mol. The molecule has 25 heavy (non-hydrogen) atoms. The summed E-state index contributed by atoms with van der Waals surface area (Å²) < 4.78 is 6.00. The van der Waals surface area contributed by atoms with Crippen LogP contribution in [0.5, 0.6) is 5.75 Å². The average Bonchev–Trinajstić information content (AvgIpc) is 2.84. The quantitative estimate of drug-likeness (QED) is 0.334. The number of benzene rings is 1. The molecule has 2 aliphatic rings. The monoisotopic (exact) mass is 346 g/mol. The Morgan fingerprint density at radius 3 is 2.88 bits per heavy atom. The van der Waals surface area contributed by atoms with E-state index >= 15 is 0 Å². The third kappa shape index (κ3) is 4.51. The Labute approximate surface area is 149 Å². The number of nitrogens with two attached hydrogens (primary N) is 3. The number of rotatable bonds is 4. The van der Waals surface area contributed by atoms with Crippen molar-refractivity contribution < 1.29 is 9.57 Å². The minimum atomic E-state index is -0.124. The molecule has 6 N–H and O–H groups in total. The van der Waals surface area contributed by atoms with Gasteiger partial charge in [0.2, 0.25) is 0 Å². The summed E-state index contributed by atoms with van der Waals surface area (Å²) >= 11 is 0. The van der Waals surface area contributed by atoms with E-state index in [9.17, 15) is 0 Å². The van der Waals surface area contributed by atoms with E-state index in [-0.39, 0.29) is 18.2 Å². The van der Waals surface area contributed by atoms with Crippen LogP contribution >= 0.6 is 0 Å². The van der Waals surface area contributed by atoms with Crippen LogP contribution in [0.2, 0.25) is 0 Å². The lowest BCUT2D eigenvalue weighted by atomic mass is 9.97. The highest BCUT2D eigenvalue weighted by Gasteiger charge is 2.25. The summed E-state index contributed by atoms with van der Waals surface area (Å²) in [6.07, 6.45) is 7.01. The number of amidine groups is 1. The number of aliphatic imine (C=N–C) groups is 1. The Hall–Kier alpha value is -1.63. The largest absolute Gasteiger partial charge is 0.487 e. The van der Waals surface area contributed by atoms with Crippen LogP contribution in [-0.2, 0) is 11.3 Å². The van der Waals surface area contributed by atoms with Gasteiger partial charge < -0.3 is 16.2 Å². The van der Waals surface area contributed by atoms with E-state index in [1.165, 1.54) is 5.56 Å². The molecule has 1 aromatic rings. The van der Waals surface area contributed by atoms with Crippen LogP contribution < -0.4 is 22.1 Å². The highest BCUT2D eigenvalue weighted by Crippen LogP contribution is 2.30. The van der Waals surface area contributed by atoms with E-state index in [1.807, 2.05) is 19.1 Å². The molecule has 4 atom stereocenters. The molecule has 6 heteroatoms. The predicted octanol–water partition coefficient (Wildman–Crippen LogP) is 2.02. The molecule has 0 saturated heterocycles. The number of ether oxygens (including phenoxy) is 1. The molecule has 1 fully saturated rings. The van der Waals surface area contributed by atoms with Crippen LogP contribution in [0.1, 0.15) is 56.6 Å². The second kappa shape index (κ2) is 8.17. The van der Waals surface area contributed by atoms with E-state index in [0.29, 0.717) is 11.9 Å². The van der Waals surface area contributed by atoms with Gasteiger partial charge in [0.25, 0.3) is 0 Å². The minimum absolute atomic E-state index is 0.00967. The molecule has 3 rings (SSSR count). The van der Waals surface area contributed by atoms with Gasteiger partial charge >= 0.3 is 0 Å². The van der Waals surface area contributed by atoms with Gasteiger partial charge in [0.1, 0.15) is 23.8 Å². The van der Waals surface area contributed by atoms with Gasteiger partial charge in [-0.25, -0.2) is 5.90 Å². The summed E-state index contributed by atoms with van der Waals surface area (Å²) in [4.78, 5) is 9.66. The van der Waals surface area contributed by atoms with Crippen molar-refractivity contribution in [3.8, 4) is 5.75 Å². The molecule has 1 heterocycles. The first-order valence-electron chi connectivity index (χ1n) is 9.31. The second-order valence-electron chi connectivity index (χ2n) is 7.30. The number of nitrogens with zero attached hydrogens (tertiary/aromatic N) is 1. The first-order chi connectivity index (χ1) is 12.1. The van der Waals surface area contributed by atoms with Crippen molar-refractivity contribution in [3.05, 3.63) is 29.3 Å². The number of hydrogen-bond acceptors (Lipinski definition) is 5. The summed E-state index contributed by atoms with van der Waals surface area (Å²) in [5.41, 5.74) is 14.5. The van der Waals surface area contributed by atoms with E-state index in [4.69, 9.17) is 31.9 Å². The fourth-order valence-corrected chi connectivity index (χ4v) is 3.70. The molecule has 1 aliphatic carbocycles. The fourth-order valence-electron chi connectivity index (χ4n) is 3.70. The second-order valence-corrected chi connectivity index (χ2v) is 7.30. The third-order valence-corrected chi connectivity index (χ3v) is 5.38. The molecule has 0 radical (unpaired) electrons. The highest BCUT2D eigenvalue weighted by molar-refractivity contribution is 5.98. The Kier molecular flexibility index (Phi) is 5.93. The van der Waals surface area contributed by atoms with Crippen molar-refractivity contribution in [1.82, 2.24) is 0 Å². The normalized spacial score (nSPS) is 28.6. The molecule has 138 valence electrons. The van der Waals surface area contributed by atoms with Gasteiger partial charge in [-0.1, -0.05) is 0 Å². The smallest absolute Gasteiger partial charge is 0.127 e. The third-order valence-electron chi connectivity index (χ3n) is 5.38. The standard InChI is InChI=1S/C19H30N4O2/c1-12(25-22)17-9-5-13-11-14(6-10-18(13)24-17)19(21)23-16-4-2-3-15(20)7-8-16/h6,10-12,15-17H,2-5,7-9,20,22H2,1H3,(H2,21,23). The maximum atomic E-state index is 6.28. The van der Waals surface area contributed by atoms with E-state index in [1.54, 1.807) is 0 Å². The highest BCUT2D eigenvalue weighted by atomic mass is 16.6. The molecule has 6 nitrogen and oxygen atoms in total. The van der Waals surface area contributed by atoms with Crippen LogP contribution in [0.3, 0.4) is 0 Å². The molecule has 0 amide bonds. The average molecular weight is 346 g/mol. The van der Waals surface area contributed by atoms with Crippen LogP contribution in [0.15, 0.2) is 23.2 Å². The minimum Gasteiger partial charge on any atom is -0.487 e. The Morgan fingerprint density at radius 2 is 2.08 bits per heavy atom. The summed E-state index contributed by atoms with van der Waals surface area (Å²) in [6, 6.07) is 6.66. The molecule has 4 unspecified atom stereocenters. The van der Waals surface area contributed by atoms with Gasteiger partial charge in [-0.05, 0) is 75.6 Å². The van der Waals surface area contributed by atoms with Gasteiger partial charge in [-0.15, -0.1) is 0 Å². The van der Waals surface area contributed by atoms with Crippen molar-refractivity contribution in [2.24, 2.45) is 22.4 Å². The lowest BCUT2D eigenvalue weighted by molar-refractivity contribution is -0.0238. The summed E-state index contributed by atoms with van der Waals surface area (Å²) in [7, 11) is 0. The van der Waals surface area contributed by atoms with Crippen LogP contribution in [0, 0.1) is 0 Å². The molecule has 1 saturated carbocycles. The lowest BCUT2D eigenvalue weighted by Gasteiger charge is -2.29. The van der Waals surface area contributed by atoms with Crippen molar-refractivity contribution in [2.75, 3.05) is 0 Å². The molecule has 0 aromatic heterocycles. The number of aryl methyl sites for hydroxylation is 1. The zero-order chi connectivity index (χ0) is 17.8. The van der Waals surface area contributed by atoms with E-state index in [2.05, 4.69) is 6.07 Å². The number of hydrogen-bond donors (Lipinski definition) is 3. The topological polar surface area (TPSA) is 109 Å². The van der Waals surface area contributed by atoms with Gasteiger partial charge in [0, 0.05) is 11.6 Å². The Bertz CT molecular complexity index is 619. The van der Waals surface area contributed by atoms with Gasteiger partial charge in [0.05, 0.1) is 6.04 Å². The van der Waals surface area contributed by atoms with Crippen LogP contribution in [0.25, 0.3) is 0 Å². The van der Waals surface area contributed by atoms with Crippen LogP contribution in [-0.4, -0.2) is 30.1 Å². The predicted molar refractivity (Wildman–Crippen MR) is 99.5 cm³/mol. The van der Waals surface area contributed by atoms with Gasteiger partial charge in [-0.2, -0.15) is 0 Å². The van der Waals surface area contributed by atoms with Gasteiger partial charge in [-0.3, -0.25) is 9.83 Å². The van der Waals surface area contributed by atoms with Crippen molar-refractivity contribution >= 4 is 5.84 Å². The van der Waals surface area contributed by atoms with E-state index < -0.39 is 0 Å². The zero-order valence-electron chi connectivity index (χ0n) is 15.0. The number of fused-ring (bicyclic) bond motifs is 1. The van der Waals surface area contributed by atoms with Crippen LogP contribution in [0.4, 0.5) is 0 Å². The molecule has 1 aromatic carbocycles. The van der Waals surface area contributed by atoms with Crippen molar-refractivity contribution in [2.45, 2.75) is 76.2 Å². The summed E-state index contributed by atoms with van der Waals surface area (Å²) in [5.74, 6) is 6.78. The Morgan fingerprint density at radius 1 is 1.24 bits per heavy atom. The van der Waals surface area contributed by atoms with Gasteiger partial charge in [0.15, 0.2) is 0 Å². The summed E-state index contributed by atoms with van der Waals surface area (Å²) in [5, 5.41) is 0. The summed E-state index contributed by atoms with van der Waals surface area (Å²) in [6.45, 7) is 1.92. The maximum Gasteiger partial charge on any atom is 0.127 e. The SMILES string of the molecule is CC(ON)C1CCc2cc(C(N)=NC3CCCC(N)CC3)ccc2O1. The maximum absolute atomic E-state index is 6.28. The first-order valence-corrected chi connectivity index (χ1v) is 9.31. The van der Waals surface area contributed by atoms with E-state index in [0.717, 1.165) is 56.3 Å². The fraction of sp³-hybridized carbons (Fsp3) is 0.632. The molecule has 1 aliphatic heterocycles. The molecule has 0 bridgehead atoms. The van der Waals surface area contributed by atoms with Crippen molar-refractivity contribution in [1.29, 1.82) is 0 Å². The first kappa shape index (κ1) is 18.2. The Balaban J connectivity index is 1.70. The zero-order valence-corrected chi connectivity index (χ0v) is 15.0. The molecular formula is C19H30N4O2. The lowest BCUT2D eigenvalue weighted by Crippen LogP contribution is -2.36.